The first-order valence-electron chi connectivity index (χ1n) is 7.31. The molecule has 0 aromatic heterocycles. The molecule has 1 N–H and O–H groups in total. The van der Waals surface area contributed by atoms with Gasteiger partial charge < -0.3 is 19.6 Å². The van der Waals surface area contributed by atoms with Gasteiger partial charge in [0.05, 0.1) is 13.2 Å². The molecule has 1 aromatic rings. The van der Waals surface area contributed by atoms with Crippen LogP contribution in [0, 0.1) is 0 Å². The topological polar surface area (TPSA) is 35.9 Å². The van der Waals surface area contributed by atoms with E-state index in [2.05, 4.69) is 30.0 Å². The van der Waals surface area contributed by atoms with Crippen LogP contribution >= 0.6 is 0 Å². The van der Waals surface area contributed by atoms with Crippen LogP contribution in [0.3, 0.4) is 0 Å². The molecular formula is C16H26N2O2. The Morgan fingerprint density at radius 3 is 2.45 bits per heavy atom. The zero-order valence-electron chi connectivity index (χ0n) is 13.0. The SMILES string of the molecule is COc1cccc(N2CCC(N(C)C)CC2)c1[C@@H](C)O. The number of nitrogens with zero attached hydrogens (tertiary/aromatic N) is 2. The zero-order valence-corrected chi connectivity index (χ0v) is 13.0. The van der Waals surface area contributed by atoms with E-state index in [1.165, 1.54) is 0 Å². The van der Waals surface area contributed by atoms with Crippen LogP contribution in [0.4, 0.5) is 5.69 Å². The molecule has 1 atom stereocenters. The van der Waals surface area contributed by atoms with Crippen LogP contribution < -0.4 is 9.64 Å². The van der Waals surface area contributed by atoms with Gasteiger partial charge in [-0.25, -0.2) is 0 Å². The Kier molecular flexibility index (Phi) is 4.89. The summed E-state index contributed by atoms with van der Waals surface area (Å²) in [7, 11) is 5.95. The van der Waals surface area contributed by atoms with Gasteiger partial charge in [-0.2, -0.15) is 0 Å². The standard InChI is InChI=1S/C16H26N2O2/c1-12(19)16-14(6-5-7-15(16)20-4)18-10-8-13(9-11-18)17(2)3/h5-7,12-13,19H,8-11H2,1-4H3/t12-/m1/s1. The highest BCUT2D eigenvalue weighted by molar-refractivity contribution is 5.60. The van der Waals surface area contributed by atoms with Gasteiger partial charge in [-0.3, -0.25) is 0 Å². The Balaban J connectivity index is 2.21. The third-order valence-electron chi connectivity index (χ3n) is 4.22. The summed E-state index contributed by atoms with van der Waals surface area (Å²) >= 11 is 0. The van der Waals surface area contributed by atoms with Crippen molar-refractivity contribution in [3.63, 3.8) is 0 Å². The lowest BCUT2D eigenvalue weighted by Gasteiger charge is -2.37. The fourth-order valence-electron chi connectivity index (χ4n) is 3.03. The molecule has 1 aliphatic heterocycles. The Labute approximate surface area is 122 Å². The fourth-order valence-corrected chi connectivity index (χ4v) is 3.03. The molecule has 1 saturated heterocycles. The number of ether oxygens (including phenoxy) is 1. The number of rotatable bonds is 4. The van der Waals surface area contributed by atoms with E-state index in [0.29, 0.717) is 6.04 Å². The van der Waals surface area contributed by atoms with Gasteiger partial charge in [0.1, 0.15) is 5.75 Å². The zero-order chi connectivity index (χ0) is 14.7. The van der Waals surface area contributed by atoms with Crippen LogP contribution in [0.1, 0.15) is 31.4 Å². The number of piperidine rings is 1. The van der Waals surface area contributed by atoms with Gasteiger partial charge >= 0.3 is 0 Å². The number of aliphatic hydroxyl groups excluding tert-OH is 1. The first kappa shape index (κ1) is 15.1. The van der Waals surface area contributed by atoms with E-state index in [1.54, 1.807) is 14.0 Å². The molecule has 20 heavy (non-hydrogen) atoms. The maximum atomic E-state index is 10.1. The van der Waals surface area contributed by atoms with Crippen LogP contribution in [0.2, 0.25) is 0 Å². The summed E-state index contributed by atoms with van der Waals surface area (Å²) in [5.41, 5.74) is 2.01. The highest BCUT2D eigenvalue weighted by Crippen LogP contribution is 2.35. The molecule has 1 fully saturated rings. The lowest BCUT2D eigenvalue weighted by atomic mass is 10.00. The Morgan fingerprint density at radius 1 is 1.30 bits per heavy atom. The largest absolute Gasteiger partial charge is 0.496 e. The average molecular weight is 278 g/mol. The van der Waals surface area contributed by atoms with E-state index in [-0.39, 0.29) is 0 Å². The van der Waals surface area contributed by atoms with Gasteiger partial charge in [0.15, 0.2) is 0 Å². The number of hydrogen-bond acceptors (Lipinski definition) is 4. The molecule has 0 saturated carbocycles. The van der Waals surface area contributed by atoms with E-state index in [1.807, 2.05) is 12.1 Å². The first-order valence-corrected chi connectivity index (χ1v) is 7.31. The lowest BCUT2D eigenvalue weighted by molar-refractivity contribution is 0.194. The summed E-state index contributed by atoms with van der Waals surface area (Å²) in [6.07, 6.45) is 1.79. The minimum atomic E-state index is -0.521. The van der Waals surface area contributed by atoms with Crippen molar-refractivity contribution in [1.82, 2.24) is 4.90 Å². The summed E-state index contributed by atoms with van der Waals surface area (Å²) in [5, 5.41) is 10.1. The highest BCUT2D eigenvalue weighted by atomic mass is 16.5. The summed E-state index contributed by atoms with van der Waals surface area (Å²) in [6, 6.07) is 6.66. The van der Waals surface area contributed by atoms with Crippen LogP contribution in [0.25, 0.3) is 0 Å². The second kappa shape index (κ2) is 6.46. The van der Waals surface area contributed by atoms with Crippen molar-refractivity contribution in [3.05, 3.63) is 23.8 Å². The molecule has 0 unspecified atom stereocenters. The van der Waals surface area contributed by atoms with Crippen LogP contribution in [0.5, 0.6) is 5.75 Å². The van der Waals surface area contributed by atoms with E-state index < -0.39 is 6.10 Å². The molecule has 0 amide bonds. The predicted molar refractivity (Wildman–Crippen MR) is 82.5 cm³/mol. The maximum absolute atomic E-state index is 10.1. The summed E-state index contributed by atoms with van der Waals surface area (Å²) < 4.78 is 5.40. The molecule has 112 valence electrons. The molecule has 0 spiro atoms. The highest BCUT2D eigenvalue weighted by Gasteiger charge is 2.24. The number of benzene rings is 1. The van der Waals surface area contributed by atoms with Crippen molar-refractivity contribution in [1.29, 1.82) is 0 Å². The summed E-state index contributed by atoms with van der Waals surface area (Å²) in [5.74, 6) is 0.771. The number of hydrogen-bond donors (Lipinski definition) is 1. The third kappa shape index (κ3) is 3.07. The van der Waals surface area contributed by atoms with E-state index in [9.17, 15) is 5.11 Å². The number of anilines is 1. The first-order chi connectivity index (χ1) is 9.54. The van der Waals surface area contributed by atoms with Crippen molar-refractivity contribution in [2.24, 2.45) is 0 Å². The second-order valence-corrected chi connectivity index (χ2v) is 5.75. The Hall–Kier alpha value is -1.26. The molecule has 0 radical (unpaired) electrons. The van der Waals surface area contributed by atoms with Crippen molar-refractivity contribution in [3.8, 4) is 5.75 Å². The van der Waals surface area contributed by atoms with Crippen molar-refractivity contribution in [2.45, 2.75) is 31.9 Å². The van der Waals surface area contributed by atoms with Gasteiger partial charge in [-0.05, 0) is 46.0 Å². The van der Waals surface area contributed by atoms with Gasteiger partial charge in [0, 0.05) is 30.4 Å². The van der Waals surface area contributed by atoms with Crippen LogP contribution in [-0.2, 0) is 0 Å². The monoisotopic (exact) mass is 278 g/mol. The van der Waals surface area contributed by atoms with Crippen LogP contribution in [0.15, 0.2) is 18.2 Å². The molecule has 2 rings (SSSR count). The molecule has 1 aliphatic rings. The fraction of sp³-hybridized carbons (Fsp3) is 0.625. The van der Waals surface area contributed by atoms with E-state index in [4.69, 9.17) is 4.74 Å². The van der Waals surface area contributed by atoms with Gasteiger partial charge in [0.2, 0.25) is 0 Å². The van der Waals surface area contributed by atoms with Crippen LogP contribution in [-0.4, -0.2) is 50.3 Å². The minimum absolute atomic E-state index is 0.521. The van der Waals surface area contributed by atoms with Crippen molar-refractivity contribution >= 4 is 5.69 Å². The van der Waals surface area contributed by atoms with E-state index in [0.717, 1.165) is 42.9 Å². The molecule has 0 aliphatic carbocycles. The Bertz CT molecular complexity index is 438. The van der Waals surface area contributed by atoms with E-state index >= 15 is 0 Å². The maximum Gasteiger partial charge on any atom is 0.126 e. The molecular weight excluding hydrogens is 252 g/mol. The van der Waals surface area contributed by atoms with Crippen molar-refractivity contribution in [2.75, 3.05) is 39.2 Å². The second-order valence-electron chi connectivity index (χ2n) is 5.75. The number of methoxy groups -OCH3 is 1. The Morgan fingerprint density at radius 2 is 1.95 bits per heavy atom. The quantitative estimate of drug-likeness (QED) is 0.916. The third-order valence-corrected chi connectivity index (χ3v) is 4.22. The molecule has 1 aromatic carbocycles. The summed E-state index contributed by atoms with van der Waals surface area (Å²) in [6.45, 7) is 3.85. The predicted octanol–water partition coefficient (Wildman–Crippen LogP) is 2.28. The average Bonchev–Trinajstić information content (AvgIpc) is 2.46. The molecule has 1 heterocycles. The summed E-state index contributed by atoms with van der Waals surface area (Å²) in [4.78, 5) is 4.67. The normalized spacial score (nSPS) is 18.4. The van der Waals surface area contributed by atoms with Gasteiger partial charge in [0.25, 0.3) is 0 Å². The van der Waals surface area contributed by atoms with Gasteiger partial charge in [-0.15, -0.1) is 0 Å². The molecule has 4 nitrogen and oxygen atoms in total. The lowest BCUT2D eigenvalue weighted by Crippen LogP contribution is -2.42. The smallest absolute Gasteiger partial charge is 0.126 e. The molecule has 4 heteroatoms. The number of aliphatic hydroxyl groups is 1. The molecule has 0 bridgehead atoms. The van der Waals surface area contributed by atoms with Crippen molar-refractivity contribution < 1.29 is 9.84 Å². The minimum Gasteiger partial charge on any atom is -0.496 e. The van der Waals surface area contributed by atoms with Gasteiger partial charge in [-0.1, -0.05) is 6.07 Å².